The summed E-state index contributed by atoms with van der Waals surface area (Å²) in [6.07, 6.45) is 1.85. The van der Waals surface area contributed by atoms with E-state index in [0.29, 0.717) is 11.2 Å². The number of nitrogens with zero attached hydrogens (tertiary/aromatic N) is 1. The van der Waals surface area contributed by atoms with Crippen LogP contribution in [0.2, 0.25) is 0 Å². The average Bonchev–Trinajstić information content (AvgIpc) is 2.89. The van der Waals surface area contributed by atoms with E-state index in [1.807, 2.05) is 29.8 Å². The van der Waals surface area contributed by atoms with Gasteiger partial charge in [0.05, 0.1) is 0 Å². The van der Waals surface area contributed by atoms with Crippen LogP contribution in [-0.2, 0) is 0 Å². The molecule has 0 aliphatic heterocycles. The highest BCUT2D eigenvalue weighted by Gasteiger charge is 2.24. The van der Waals surface area contributed by atoms with Gasteiger partial charge in [0.1, 0.15) is 4.34 Å². The number of hydrogen-bond acceptors (Lipinski definition) is 4. The molecule has 1 aromatic carbocycles. The van der Waals surface area contributed by atoms with Crippen LogP contribution in [0.5, 0.6) is 0 Å². The molecule has 0 saturated carbocycles. The predicted molar refractivity (Wildman–Crippen MR) is 80.0 cm³/mol. The Morgan fingerprint density at radius 3 is 2.50 bits per heavy atom. The summed E-state index contributed by atoms with van der Waals surface area (Å²) in [4.78, 5) is 4.34. The van der Waals surface area contributed by atoms with Crippen molar-refractivity contribution in [2.75, 3.05) is 0 Å². The summed E-state index contributed by atoms with van der Waals surface area (Å²) in [5, 5.41) is 2.35. The number of aromatic nitrogens is 1. The lowest BCUT2D eigenvalue weighted by Crippen LogP contribution is -2.28. The van der Waals surface area contributed by atoms with Crippen LogP contribution in [0, 0.1) is 5.92 Å². The van der Waals surface area contributed by atoms with Gasteiger partial charge in [-0.1, -0.05) is 55.9 Å². The Bertz CT molecular complexity index is 454. The molecule has 0 bridgehead atoms. The highest BCUT2D eigenvalue weighted by atomic mass is 32.2. The van der Waals surface area contributed by atoms with Crippen LogP contribution in [0.15, 0.2) is 46.2 Å². The van der Waals surface area contributed by atoms with E-state index < -0.39 is 0 Å². The van der Waals surface area contributed by atoms with Gasteiger partial charge in [0.15, 0.2) is 0 Å². The lowest BCUT2D eigenvalue weighted by atomic mass is 9.97. The van der Waals surface area contributed by atoms with E-state index >= 15 is 0 Å². The zero-order chi connectivity index (χ0) is 13.0. The Labute approximate surface area is 117 Å². The molecule has 2 N–H and O–H groups in total. The van der Waals surface area contributed by atoms with Gasteiger partial charge in [0, 0.05) is 22.9 Å². The Morgan fingerprint density at radius 1 is 1.22 bits per heavy atom. The number of rotatable bonds is 5. The van der Waals surface area contributed by atoms with E-state index in [-0.39, 0.29) is 6.04 Å². The van der Waals surface area contributed by atoms with E-state index in [4.69, 9.17) is 5.73 Å². The number of benzene rings is 1. The van der Waals surface area contributed by atoms with Crippen molar-refractivity contribution in [1.82, 2.24) is 4.98 Å². The SMILES string of the molecule is CC(C)C(Sc1nccs1)C(N)c1ccccc1. The molecule has 0 saturated heterocycles. The molecule has 2 nitrogen and oxygen atoms in total. The maximum absolute atomic E-state index is 6.41. The lowest BCUT2D eigenvalue weighted by Gasteiger charge is -2.26. The maximum Gasteiger partial charge on any atom is 0.150 e. The van der Waals surface area contributed by atoms with Gasteiger partial charge in [0.2, 0.25) is 0 Å². The van der Waals surface area contributed by atoms with E-state index in [1.165, 1.54) is 5.56 Å². The number of thioether (sulfide) groups is 1. The molecule has 0 fully saturated rings. The summed E-state index contributed by atoms with van der Waals surface area (Å²) in [5.74, 6) is 0.508. The molecular formula is C14H18N2S2. The molecule has 0 amide bonds. The van der Waals surface area contributed by atoms with Crippen molar-refractivity contribution in [2.45, 2.75) is 29.5 Å². The standard InChI is InChI=1S/C14H18N2S2/c1-10(2)13(18-14-16-8-9-17-14)12(15)11-6-4-3-5-7-11/h3-10,12-13H,15H2,1-2H3. The second-order valence-corrected chi connectivity index (χ2v) is 6.88. The minimum atomic E-state index is 0.0418. The van der Waals surface area contributed by atoms with Crippen LogP contribution < -0.4 is 5.73 Å². The summed E-state index contributed by atoms with van der Waals surface area (Å²) in [6.45, 7) is 4.43. The Kier molecular flexibility index (Phi) is 4.80. The molecule has 18 heavy (non-hydrogen) atoms. The fourth-order valence-corrected chi connectivity index (χ4v) is 3.89. The zero-order valence-corrected chi connectivity index (χ0v) is 12.2. The molecule has 2 rings (SSSR count). The largest absolute Gasteiger partial charge is 0.323 e. The van der Waals surface area contributed by atoms with Crippen LogP contribution in [0.1, 0.15) is 25.5 Å². The number of nitrogens with two attached hydrogens (primary N) is 1. The van der Waals surface area contributed by atoms with Crippen LogP contribution in [0.25, 0.3) is 0 Å². The molecular weight excluding hydrogens is 260 g/mol. The Morgan fingerprint density at radius 2 is 1.94 bits per heavy atom. The Hall–Kier alpha value is -0.840. The van der Waals surface area contributed by atoms with Crippen molar-refractivity contribution in [3.05, 3.63) is 47.5 Å². The molecule has 1 aromatic heterocycles. The van der Waals surface area contributed by atoms with Gasteiger partial charge in [-0.3, -0.25) is 0 Å². The van der Waals surface area contributed by atoms with Crippen molar-refractivity contribution >= 4 is 23.1 Å². The highest BCUT2D eigenvalue weighted by molar-refractivity contribution is 8.01. The van der Waals surface area contributed by atoms with Crippen molar-refractivity contribution in [2.24, 2.45) is 11.7 Å². The third-order valence-corrected chi connectivity index (χ3v) is 5.40. The predicted octanol–water partition coefficient (Wildman–Crippen LogP) is 3.96. The van der Waals surface area contributed by atoms with Crippen LogP contribution in [0.4, 0.5) is 0 Å². The summed E-state index contributed by atoms with van der Waals surface area (Å²) in [7, 11) is 0. The fraction of sp³-hybridized carbons (Fsp3) is 0.357. The van der Waals surface area contributed by atoms with Crippen molar-refractivity contribution in [1.29, 1.82) is 0 Å². The van der Waals surface area contributed by atoms with E-state index in [1.54, 1.807) is 23.1 Å². The quantitative estimate of drug-likeness (QED) is 0.841. The highest BCUT2D eigenvalue weighted by Crippen LogP contribution is 2.36. The summed E-state index contributed by atoms with van der Waals surface area (Å²) in [5.41, 5.74) is 7.61. The molecule has 2 unspecified atom stereocenters. The van der Waals surface area contributed by atoms with Gasteiger partial charge >= 0.3 is 0 Å². The van der Waals surface area contributed by atoms with E-state index in [9.17, 15) is 0 Å². The normalized spacial score (nSPS) is 14.7. The maximum atomic E-state index is 6.41. The monoisotopic (exact) mass is 278 g/mol. The van der Waals surface area contributed by atoms with Gasteiger partial charge in [-0.2, -0.15) is 0 Å². The van der Waals surface area contributed by atoms with Gasteiger partial charge in [-0.25, -0.2) is 4.98 Å². The smallest absolute Gasteiger partial charge is 0.150 e. The van der Waals surface area contributed by atoms with Crippen LogP contribution in [-0.4, -0.2) is 10.2 Å². The molecule has 4 heteroatoms. The molecule has 0 aliphatic rings. The fourth-order valence-electron chi connectivity index (χ4n) is 1.87. The molecule has 0 spiro atoms. The van der Waals surface area contributed by atoms with E-state index in [2.05, 4.69) is 31.0 Å². The molecule has 2 aromatic rings. The third-order valence-electron chi connectivity index (χ3n) is 2.84. The molecule has 1 heterocycles. The first-order valence-electron chi connectivity index (χ1n) is 6.05. The molecule has 0 aliphatic carbocycles. The van der Waals surface area contributed by atoms with Crippen molar-refractivity contribution < 1.29 is 0 Å². The van der Waals surface area contributed by atoms with Crippen molar-refractivity contribution in [3.63, 3.8) is 0 Å². The number of hydrogen-bond donors (Lipinski definition) is 1. The third kappa shape index (κ3) is 3.34. The number of thiazole rings is 1. The summed E-state index contributed by atoms with van der Waals surface area (Å²) >= 11 is 3.47. The van der Waals surface area contributed by atoms with Crippen LogP contribution >= 0.6 is 23.1 Å². The molecule has 96 valence electrons. The molecule has 0 radical (unpaired) electrons. The first-order valence-corrected chi connectivity index (χ1v) is 7.81. The Balaban J connectivity index is 2.15. The second-order valence-electron chi connectivity index (χ2n) is 4.56. The first-order chi connectivity index (χ1) is 8.68. The van der Waals surface area contributed by atoms with Gasteiger partial charge in [0.25, 0.3) is 0 Å². The van der Waals surface area contributed by atoms with Gasteiger partial charge in [-0.15, -0.1) is 11.3 Å². The van der Waals surface area contributed by atoms with Gasteiger partial charge < -0.3 is 5.73 Å². The van der Waals surface area contributed by atoms with E-state index in [0.717, 1.165) is 4.34 Å². The molecule has 2 atom stereocenters. The summed E-state index contributed by atoms with van der Waals surface area (Å²) in [6, 6.07) is 10.3. The second kappa shape index (κ2) is 6.36. The minimum Gasteiger partial charge on any atom is -0.323 e. The average molecular weight is 278 g/mol. The zero-order valence-electron chi connectivity index (χ0n) is 10.6. The van der Waals surface area contributed by atoms with Crippen LogP contribution in [0.3, 0.4) is 0 Å². The van der Waals surface area contributed by atoms with Crippen molar-refractivity contribution in [3.8, 4) is 0 Å². The topological polar surface area (TPSA) is 38.9 Å². The first kappa shape index (κ1) is 13.6. The minimum absolute atomic E-state index is 0.0418. The van der Waals surface area contributed by atoms with Gasteiger partial charge in [-0.05, 0) is 11.5 Å². The lowest BCUT2D eigenvalue weighted by molar-refractivity contribution is 0.527. The summed E-state index contributed by atoms with van der Waals surface area (Å²) < 4.78 is 1.10.